The number of nitrogens with zero attached hydrogens (tertiary/aromatic N) is 1. The first-order valence-corrected chi connectivity index (χ1v) is 9.68. The highest BCUT2D eigenvalue weighted by atomic mass is 127. The molecule has 7 heteroatoms. The lowest BCUT2D eigenvalue weighted by Crippen LogP contribution is -2.40. The zero-order chi connectivity index (χ0) is 19.8. The third kappa shape index (κ3) is 6.43. The fraction of sp³-hybridized carbons (Fsp3) is 0.364. The standard InChI is InChI=1S/C22H28N4O2.HI/c1-3-23-22(24-13-16-8-4-5-9-17(16)15-28-2)25-14-18-12-21(27)26-20-11-7-6-10-19(18)20;/h4-11,18H,3,12-15H2,1-2H3,(H,26,27)(H2,23,24,25);1H. The number of nitrogens with one attached hydrogen (secondary N) is 3. The Labute approximate surface area is 189 Å². The van der Waals surface area contributed by atoms with Crippen molar-refractivity contribution in [1.82, 2.24) is 10.6 Å². The number of para-hydroxylation sites is 1. The van der Waals surface area contributed by atoms with Crippen LogP contribution in [0.3, 0.4) is 0 Å². The molecule has 0 aliphatic carbocycles. The molecule has 0 saturated heterocycles. The van der Waals surface area contributed by atoms with E-state index in [1.165, 1.54) is 0 Å². The molecule has 1 amide bonds. The second-order valence-corrected chi connectivity index (χ2v) is 6.81. The van der Waals surface area contributed by atoms with Gasteiger partial charge < -0.3 is 20.7 Å². The maximum atomic E-state index is 12.0. The summed E-state index contributed by atoms with van der Waals surface area (Å²) in [7, 11) is 1.70. The number of anilines is 1. The number of hydrogen-bond acceptors (Lipinski definition) is 3. The van der Waals surface area contributed by atoms with Gasteiger partial charge in [-0.05, 0) is 29.7 Å². The van der Waals surface area contributed by atoms with Crippen molar-refractivity contribution in [3.63, 3.8) is 0 Å². The first-order valence-electron chi connectivity index (χ1n) is 9.68. The van der Waals surface area contributed by atoms with E-state index >= 15 is 0 Å². The molecule has 1 aliphatic heterocycles. The molecule has 0 fully saturated rings. The number of guanidine groups is 1. The lowest BCUT2D eigenvalue weighted by atomic mass is 9.90. The monoisotopic (exact) mass is 508 g/mol. The van der Waals surface area contributed by atoms with Crippen LogP contribution in [0.25, 0.3) is 0 Å². The summed E-state index contributed by atoms with van der Waals surface area (Å²) in [5.74, 6) is 0.925. The van der Waals surface area contributed by atoms with Gasteiger partial charge in [-0.2, -0.15) is 0 Å². The van der Waals surface area contributed by atoms with Crippen LogP contribution in [0.15, 0.2) is 53.5 Å². The van der Waals surface area contributed by atoms with Crippen LogP contribution in [0.5, 0.6) is 0 Å². The van der Waals surface area contributed by atoms with E-state index in [0.717, 1.165) is 34.9 Å². The average Bonchev–Trinajstić information content (AvgIpc) is 2.71. The number of carbonyl (C=O) groups excluding carboxylic acids is 1. The van der Waals surface area contributed by atoms with Crippen molar-refractivity contribution in [2.24, 2.45) is 4.99 Å². The van der Waals surface area contributed by atoms with E-state index in [4.69, 9.17) is 9.73 Å². The first kappa shape index (κ1) is 23.2. The second-order valence-electron chi connectivity index (χ2n) is 6.81. The molecule has 1 aliphatic rings. The fourth-order valence-electron chi connectivity index (χ4n) is 3.42. The van der Waals surface area contributed by atoms with Crippen molar-refractivity contribution in [3.05, 3.63) is 65.2 Å². The Morgan fingerprint density at radius 3 is 2.62 bits per heavy atom. The van der Waals surface area contributed by atoms with Crippen LogP contribution >= 0.6 is 24.0 Å². The van der Waals surface area contributed by atoms with Crippen molar-refractivity contribution in [3.8, 4) is 0 Å². The molecule has 2 aromatic rings. The molecule has 3 rings (SSSR count). The molecule has 1 heterocycles. The van der Waals surface area contributed by atoms with Gasteiger partial charge >= 0.3 is 0 Å². The number of fused-ring (bicyclic) bond motifs is 1. The minimum absolute atomic E-state index is 0. The molecular weight excluding hydrogens is 479 g/mol. The minimum atomic E-state index is 0. The summed E-state index contributed by atoms with van der Waals surface area (Å²) < 4.78 is 5.28. The highest BCUT2D eigenvalue weighted by Gasteiger charge is 2.24. The molecular formula is C22H29IN4O2. The van der Waals surface area contributed by atoms with E-state index < -0.39 is 0 Å². The largest absolute Gasteiger partial charge is 0.380 e. The third-order valence-electron chi connectivity index (χ3n) is 4.79. The topological polar surface area (TPSA) is 74.8 Å². The maximum absolute atomic E-state index is 12.0. The maximum Gasteiger partial charge on any atom is 0.225 e. The number of benzene rings is 2. The first-order chi connectivity index (χ1) is 13.7. The van der Waals surface area contributed by atoms with Crippen molar-refractivity contribution < 1.29 is 9.53 Å². The number of ether oxygens (including phenoxy) is 1. The number of hydrogen-bond donors (Lipinski definition) is 3. The van der Waals surface area contributed by atoms with Crippen molar-refractivity contribution in [2.45, 2.75) is 32.4 Å². The van der Waals surface area contributed by atoms with Gasteiger partial charge in [0.1, 0.15) is 0 Å². The predicted octanol–water partition coefficient (Wildman–Crippen LogP) is 3.63. The Balaban J connectivity index is 0.00000300. The smallest absolute Gasteiger partial charge is 0.225 e. The third-order valence-corrected chi connectivity index (χ3v) is 4.79. The molecule has 29 heavy (non-hydrogen) atoms. The van der Waals surface area contributed by atoms with Gasteiger partial charge in [0.05, 0.1) is 13.2 Å². The summed E-state index contributed by atoms with van der Waals surface area (Å²) in [6.07, 6.45) is 0.472. The molecule has 1 atom stereocenters. The molecule has 156 valence electrons. The quantitative estimate of drug-likeness (QED) is 0.304. The average molecular weight is 508 g/mol. The number of methoxy groups -OCH3 is 1. The SMILES string of the molecule is CCNC(=NCc1ccccc1COC)NCC1CC(=O)Nc2ccccc21.I. The molecule has 2 aromatic carbocycles. The van der Waals surface area contributed by atoms with E-state index in [-0.39, 0.29) is 35.8 Å². The van der Waals surface area contributed by atoms with Crippen LogP contribution < -0.4 is 16.0 Å². The van der Waals surface area contributed by atoms with E-state index in [2.05, 4.69) is 34.1 Å². The van der Waals surface area contributed by atoms with Gasteiger partial charge in [0.15, 0.2) is 5.96 Å². The van der Waals surface area contributed by atoms with Crippen LogP contribution in [0.1, 0.15) is 36.0 Å². The van der Waals surface area contributed by atoms with Crippen LogP contribution in [0.2, 0.25) is 0 Å². The lowest BCUT2D eigenvalue weighted by Gasteiger charge is -2.26. The van der Waals surface area contributed by atoms with Crippen LogP contribution in [0.4, 0.5) is 5.69 Å². The van der Waals surface area contributed by atoms with Gasteiger partial charge in [-0.1, -0.05) is 42.5 Å². The Morgan fingerprint density at radius 1 is 1.14 bits per heavy atom. The normalized spacial score (nSPS) is 15.7. The fourth-order valence-corrected chi connectivity index (χ4v) is 3.42. The van der Waals surface area contributed by atoms with Crippen LogP contribution in [-0.4, -0.2) is 32.1 Å². The highest BCUT2D eigenvalue weighted by molar-refractivity contribution is 14.0. The predicted molar refractivity (Wildman–Crippen MR) is 128 cm³/mol. The lowest BCUT2D eigenvalue weighted by molar-refractivity contribution is -0.116. The van der Waals surface area contributed by atoms with Gasteiger partial charge in [-0.3, -0.25) is 4.79 Å². The van der Waals surface area contributed by atoms with Gasteiger partial charge in [0.25, 0.3) is 0 Å². The van der Waals surface area contributed by atoms with Crippen LogP contribution in [0, 0.1) is 0 Å². The van der Waals surface area contributed by atoms with Crippen molar-refractivity contribution in [2.75, 3.05) is 25.5 Å². The Kier molecular flexibility index (Phi) is 9.40. The summed E-state index contributed by atoms with van der Waals surface area (Å²) in [6.45, 7) is 4.60. The van der Waals surface area contributed by atoms with Gasteiger partial charge in [0.2, 0.25) is 5.91 Å². The molecule has 0 spiro atoms. The number of carbonyl (C=O) groups is 1. The summed E-state index contributed by atoms with van der Waals surface area (Å²) in [5.41, 5.74) is 4.35. The van der Waals surface area contributed by atoms with Crippen molar-refractivity contribution >= 4 is 41.5 Å². The molecule has 1 unspecified atom stereocenters. The summed E-state index contributed by atoms with van der Waals surface area (Å²) in [6, 6.07) is 16.1. The Bertz CT molecular complexity index is 841. The highest BCUT2D eigenvalue weighted by Crippen LogP contribution is 2.31. The molecule has 0 aromatic heterocycles. The second kappa shape index (κ2) is 11.8. The van der Waals surface area contributed by atoms with Crippen LogP contribution in [-0.2, 0) is 22.7 Å². The Morgan fingerprint density at radius 2 is 1.86 bits per heavy atom. The molecule has 0 radical (unpaired) electrons. The van der Waals surface area contributed by atoms with Crippen molar-refractivity contribution in [1.29, 1.82) is 0 Å². The number of halogens is 1. The number of amides is 1. The van der Waals surface area contributed by atoms with E-state index in [1.807, 2.05) is 37.3 Å². The number of aliphatic imine (C=N–C) groups is 1. The molecule has 0 saturated carbocycles. The van der Waals surface area contributed by atoms with E-state index in [0.29, 0.717) is 26.1 Å². The zero-order valence-corrected chi connectivity index (χ0v) is 19.2. The molecule has 0 bridgehead atoms. The van der Waals surface area contributed by atoms with E-state index in [1.54, 1.807) is 7.11 Å². The summed E-state index contributed by atoms with van der Waals surface area (Å²) in [4.78, 5) is 16.7. The molecule has 3 N–H and O–H groups in total. The zero-order valence-electron chi connectivity index (χ0n) is 16.9. The van der Waals surface area contributed by atoms with Gasteiger partial charge in [-0.15, -0.1) is 24.0 Å². The summed E-state index contributed by atoms with van der Waals surface area (Å²) >= 11 is 0. The van der Waals surface area contributed by atoms with Gasteiger partial charge in [0, 0.05) is 38.2 Å². The summed E-state index contributed by atoms with van der Waals surface area (Å²) in [5, 5.41) is 9.63. The Hall–Kier alpha value is -2.13. The molecule has 6 nitrogen and oxygen atoms in total. The number of rotatable bonds is 7. The van der Waals surface area contributed by atoms with E-state index in [9.17, 15) is 4.79 Å². The van der Waals surface area contributed by atoms with Gasteiger partial charge in [-0.25, -0.2) is 4.99 Å². The minimum Gasteiger partial charge on any atom is -0.380 e.